The van der Waals surface area contributed by atoms with E-state index in [0.29, 0.717) is 5.92 Å². The fourth-order valence-electron chi connectivity index (χ4n) is 2.32. The molecule has 0 unspecified atom stereocenters. The SMILES string of the molecule is C[C@H](NC(=O)C(C)(C)N)C1CCCCCC1. The smallest absolute Gasteiger partial charge is 0.239 e. The largest absolute Gasteiger partial charge is 0.352 e. The van der Waals surface area contributed by atoms with Crippen LogP contribution in [0.25, 0.3) is 0 Å². The molecule has 0 aromatic rings. The quantitative estimate of drug-likeness (QED) is 0.725. The van der Waals surface area contributed by atoms with E-state index < -0.39 is 5.54 Å². The fraction of sp³-hybridized carbons (Fsp3) is 0.923. The third-order valence-corrected chi connectivity index (χ3v) is 3.55. The molecule has 1 saturated carbocycles. The molecule has 0 aromatic carbocycles. The van der Waals surface area contributed by atoms with E-state index >= 15 is 0 Å². The van der Waals surface area contributed by atoms with Crippen molar-refractivity contribution in [3.8, 4) is 0 Å². The van der Waals surface area contributed by atoms with Gasteiger partial charge in [0.05, 0.1) is 5.54 Å². The number of carbonyl (C=O) groups excluding carboxylic acids is 1. The first-order chi connectivity index (χ1) is 7.41. The van der Waals surface area contributed by atoms with Gasteiger partial charge >= 0.3 is 0 Å². The van der Waals surface area contributed by atoms with Crippen molar-refractivity contribution < 1.29 is 4.79 Å². The summed E-state index contributed by atoms with van der Waals surface area (Å²) in [7, 11) is 0. The Morgan fingerprint density at radius 3 is 2.19 bits per heavy atom. The van der Waals surface area contributed by atoms with E-state index in [0.717, 1.165) is 0 Å². The second-order valence-corrected chi connectivity index (χ2v) is 5.74. The van der Waals surface area contributed by atoms with Crippen molar-refractivity contribution >= 4 is 5.91 Å². The third-order valence-electron chi connectivity index (χ3n) is 3.55. The Bertz CT molecular complexity index is 225. The minimum atomic E-state index is -0.765. The molecule has 3 heteroatoms. The summed E-state index contributed by atoms with van der Waals surface area (Å²) in [4.78, 5) is 11.8. The number of carbonyl (C=O) groups is 1. The average molecular weight is 226 g/mol. The molecule has 0 saturated heterocycles. The maximum Gasteiger partial charge on any atom is 0.239 e. The Kier molecular flexibility index (Phi) is 4.78. The molecule has 0 bridgehead atoms. The van der Waals surface area contributed by atoms with E-state index in [9.17, 15) is 4.79 Å². The van der Waals surface area contributed by atoms with Gasteiger partial charge in [-0.3, -0.25) is 4.79 Å². The number of hydrogen-bond acceptors (Lipinski definition) is 2. The van der Waals surface area contributed by atoms with E-state index in [-0.39, 0.29) is 11.9 Å². The first-order valence-corrected chi connectivity index (χ1v) is 6.51. The maximum atomic E-state index is 11.8. The lowest BCUT2D eigenvalue weighted by molar-refractivity contribution is -0.126. The van der Waals surface area contributed by atoms with E-state index in [1.165, 1.54) is 38.5 Å². The number of hydrogen-bond donors (Lipinski definition) is 2. The number of amides is 1. The summed E-state index contributed by atoms with van der Waals surface area (Å²) in [6.45, 7) is 5.61. The van der Waals surface area contributed by atoms with Gasteiger partial charge in [-0.1, -0.05) is 25.7 Å². The van der Waals surface area contributed by atoms with Crippen molar-refractivity contribution in [3.63, 3.8) is 0 Å². The lowest BCUT2D eigenvalue weighted by atomic mass is 9.92. The van der Waals surface area contributed by atoms with Crippen LogP contribution >= 0.6 is 0 Å². The first-order valence-electron chi connectivity index (χ1n) is 6.51. The van der Waals surface area contributed by atoms with Crippen LogP contribution in [-0.2, 0) is 4.79 Å². The molecule has 3 nitrogen and oxygen atoms in total. The van der Waals surface area contributed by atoms with Crippen LogP contribution < -0.4 is 11.1 Å². The molecule has 3 N–H and O–H groups in total. The Hall–Kier alpha value is -0.570. The van der Waals surface area contributed by atoms with Gasteiger partial charge in [0.1, 0.15) is 0 Å². The zero-order valence-corrected chi connectivity index (χ0v) is 10.9. The van der Waals surface area contributed by atoms with E-state index in [1.807, 2.05) is 0 Å². The molecular formula is C13H26N2O. The highest BCUT2D eigenvalue weighted by Gasteiger charge is 2.26. The Morgan fingerprint density at radius 2 is 1.75 bits per heavy atom. The molecule has 0 aliphatic heterocycles. The second-order valence-electron chi connectivity index (χ2n) is 5.74. The topological polar surface area (TPSA) is 55.1 Å². The van der Waals surface area contributed by atoms with Crippen molar-refractivity contribution in [2.75, 3.05) is 0 Å². The summed E-state index contributed by atoms with van der Waals surface area (Å²) in [6, 6.07) is 0.258. The van der Waals surface area contributed by atoms with Crippen molar-refractivity contribution in [2.45, 2.75) is 70.9 Å². The standard InChI is InChI=1S/C13H26N2O/c1-10(15-12(16)13(2,3)14)11-8-6-4-5-7-9-11/h10-11H,4-9,14H2,1-3H3,(H,15,16)/t10-/m0/s1. The molecule has 1 aliphatic rings. The molecule has 0 radical (unpaired) electrons. The van der Waals surface area contributed by atoms with Crippen LogP contribution in [0.4, 0.5) is 0 Å². The molecule has 1 fully saturated rings. The third kappa shape index (κ3) is 4.12. The Morgan fingerprint density at radius 1 is 1.25 bits per heavy atom. The van der Waals surface area contributed by atoms with Gasteiger partial charge in [-0.2, -0.15) is 0 Å². The van der Waals surface area contributed by atoms with Crippen LogP contribution in [0.2, 0.25) is 0 Å². The predicted molar refractivity (Wildman–Crippen MR) is 67.1 cm³/mol. The van der Waals surface area contributed by atoms with E-state index in [2.05, 4.69) is 12.2 Å². The molecule has 1 amide bonds. The Balaban J connectivity index is 2.44. The molecular weight excluding hydrogens is 200 g/mol. The molecule has 1 atom stereocenters. The van der Waals surface area contributed by atoms with Gasteiger partial charge in [-0.15, -0.1) is 0 Å². The van der Waals surface area contributed by atoms with Crippen LogP contribution in [0.5, 0.6) is 0 Å². The molecule has 0 aromatic heterocycles. The summed E-state index contributed by atoms with van der Waals surface area (Å²) in [5, 5.41) is 3.05. The lowest BCUT2D eigenvalue weighted by Crippen LogP contribution is -2.52. The van der Waals surface area contributed by atoms with Crippen LogP contribution in [-0.4, -0.2) is 17.5 Å². The zero-order chi connectivity index (χ0) is 12.2. The predicted octanol–water partition coefficient (Wildman–Crippen LogP) is 2.20. The number of nitrogens with one attached hydrogen (secondary N) is 1. The highest BCUT2D eigenvalue weighted by molar-refractivity contribution is 5.85. The van der Waals surface area contributed by atoms with Gasteiger partial charge in [0, 0.05) is 6.04 Å². The van der Waals surface area contributed by atoms with Gasteiger partial charge in [0.15, 0.2) is 0 Å². The van der Waals surface area contributed by atoms with Crippen molar-refractivity contribution in [1.29, 1.82) is 0 Å². The molecule has 0 spiro atoms. The molecule has 1 aliphatic carbocycles. The van der Waals surface area contributed by atoms with Crippen LogP contribution in [0.3, 0.4) is 0 Å². The molecule has 16 heavy (non-hydrogen) atoms. The average Bonchev–Trinajstić information content (AvgIpc) is 2.43. The molecule has 1 rings (SSSR count). The second kappa shape index (κ2) is 5.67. The number of nitrogens with two attached hydrogens (primary N) is 1. The van der Waals surface area contributed by atoms with Crippen molar-refractivity contribution in [3.05, 3.63) is 0 Å². The monoisotopic (exact) mass is 226 g/mol. The summed E-state index contributed by atoms with van der Waals surface area (Å²) < 4.78 is 0. The highest BCUT2D eigenvalue weighted by atomic mass is 16.2. The maximum absolute atomic E-state index is 11.8. The normalized spacial score (nSPS) is 21.2. The van der Waals surface area contributed by atoms with Crippen LogP contribution in [0.15, 0.2) is 0 Å². The summed E-state index contributed by atoms with van der Waals surface area (Å²) in [5.41, 5.74) is 5.01. The minimum Gasteiger partial charge on any atom is -0.352 e. The highest BCUT2D eigenvalue weighted by Crippen LogP contribution is 2.25. The fourth-order valence-corrected chi connectivity index (χ4v) is 2.32. The zero-order valence-electron chi connectivity index (χ0n) is 10.9. The van der Waals surface area contributed by atoms with Gasteiger partial charge < -0.3 is 11.1 Å². The Labute approximate surface area is 99.2 Å². The van der Waals surface area contributed by atoms with Crippen molar-refractivity contribution in [1.82, 2.24) is 5.32 Å². The molecule has 94 valence electrons. The van der Waals surface area contributed by atoms with Gasteiger partial charge in [-0.25, -0.2) is 0 Å². The van der Waals surface area contributed by atoms with Gasteiger partial charge in [-0.05, 0) is 39.5 Å². The van der Waals surface area contributed by atoms with Crippen molar-refractivity contribution in [2.24, 2.45) is 11.7 Å². The summed E-state index contributed by atoms with van der Waals surface area (Å²) in [5.74, 6) is 0.595. The van der Waals surface area contributed by atoms with E-state index in [1.54, 1.807) is 13.8 Å². The molecule has 0 heterocycles. The van der Waals surface area contributed by atoms with Gasteiger partial charge in [0.25, 0.3) is 0 Å². The number of rotatable bonds is 3. The minimum absolute atomic E-state index is 0.0377. The van der Waals surface area contributed by atoms with Gasteiger partial charge in [0.2, 0.25) is 5.91 Å². The van der Waals surface area contributed by atoms with Crippen LogP contribution in [0, 0.1) is 5.92 Å². The first kappa shape index (κ1) is 13.5. The summed E-state index contributed by atoms with van der Waals surface area (Å²) in [6.07, 6.45) is 7.78. The van der Waals surface area contributed by atoms with E-state index in [4.69, 9.17) is 5.73 Å². The van der Waals surface area contributed by atoms with Crippen LogP contribution in [0.1, 0.15) is 59.3 Å². The summed E-state index contributed by atoms with van der Waals surface area (Å²) >= 11 is 0. The lowest BCUT2D eigenvalue weighted by Gasteiger charge is -2.27.